The summed E-state index contributed by atoms with van der Waals surface area (Å²) >= 11 is 0. The standard InChI is InChI=1S/C7H11N3O/c1-2-3-4-6-9-7(11)5-8-10-6/h5H,2-4H2,1H3,(H,9,10,11). The molecule has 1 aromatic rings. The van der Waals surface area contributed by atoms with Crippen molar-refractivity contribution in [3.63, 3.8) is 0 Å². The second kappa shape index (κ2) is 3.85. The first kappa shape index (κ1) is 7.91. The molecule has 0 unspecified atom stereocenters. The molecule has 4 nitrogen and oxygen atoms in total. The lowest BCUT2D eigenvalue weighted by atomic mass is 10.2. The minimum Gasteiger partial charge on any atom is -0.308 e. The zero-order valence-corrected chi connectivity index (χ0v) is 6.50. The van der Waals surface area contributed by atoms with E-state index in [4.69, 9.17) is 0 Å². The van der Waals surface area contributed by atoms with E-state index in [1.165, 1.54) is 6.20 Å². The lowest BCUT2D eigenvalue weighted by Crippen LogP contribution is -2.11. The number of aryl methyl sites for hydroxylation is 1. The summed E-state index contributed by atoms with van der Waals surface area (Å²) in [6, 6.07) is 0. The first-order valence-electron chi connectivity index (χ1n) is 3.74. The Balaban J connectivity index is 2.64. The van der Waals surface area contributed by atoms with Crippen molar-refractivity contribution in [2.75, 3.05) is 0 Å². The highest BCUT2D eigenvalue weighted by Crippen LogP contribution is 1.93. The molecule has 0 atom stereocenters. The number of aromatic amines is 1. The molecule has 0 aromatic carbocycles. The third-order valence-electron chi connectivity index (χ3n) is 1.39. The smallest absolute Gasteiger partial charge is 0.269 e. The fourth-order valence-corrected chi connectivity index (χ4v) is 0.807. The van der Waals surface area contributed by atoms with Crippen molar-refractivity contribution in [1.29, 1.82) is 0 Å². The maximum Gasteiger partial charge on any atom is 0.269 e. The minimum absolute atomic E-state index is 0.175. The lowest BCUT2D eigenvalue weighted by Gasteiger charge is -1.94. The molecule has 1 rings (SSSR count). The van der Waals surface area contributed by atoms with Gasteiger partial charge in [0, 0.05) is 6.42 Å². The molecule has 0 aliphatic rings. The van der Waals surface area contributed by atoms with Gasteiger partial charge in [-0.2, -0.15) is 5.10 Å². The van der Waals surface area contributed by atoms with Crippen LogP contribution >= 0.6 is 0 Å². The highest BCUT2D eigenvalue weighted by molar-refractivity contribution is 4.81. The Hall–Kier alpha value is -1.19. The van der Waals surface area contributed by atoms with Crippen molar-refractivity contribution in [3.05, 3.63) is 22.4 Å². The van der Waals surface area contributed by atoms with E-state index in [-0.39, 0.29) is 5.56 Å². The van der Waals surface area contributed by atoms with Gasteiger partial charge in [-0.1, -0.05) is 13.3 Å². The third-order valence-corrected chi connectivity index (χ3v) is 1.39. The van der Waals surface area contributed by atoms with Crippen LogP contribution in [-0.2, 0) is 6.42 Å². The van der Waals surface area contributed by atoms with E-state index < -0.39 is 0 Å². The van der Waals surface area contributed by atoms with Crippen LogP contribution < -0.4 is 5.56 Å². The van der Waals surface area contributed by atoms with Crippen LogP contribution in [0.5, 0.6) is 0 Å². The second-order valence-electron chi connectivity index (χ2n) is 2.38. The number of rotatable bonds is 3. The Labute approximate surface area is 64.7 Å². The zero-order valence-electron chi connectivity index (χ0n) is 6.50. The van der Waals surface area contributed by atoms with Gasteiger partial charge in [0.1, 0.15) is 12.0 Å². The zero-order chi connectivity index (χ0) is 8.10. The molecule has 0 radical (unpaired) electrons. The van der Waals surface area contributed by atoms with Gasteiger partial charge in [0.05, 0.1) is 0 Å². The summed E-state index contributed by atoms with van der Waals surface area (Å²) in [5, 5.41) is 7.31. The molecule has 11 heavy (non-hydrogen) atoms. The van der Waals surface area contributed by atoms with Crippen LogP contribution in [0, 0.1) is 0 Å². The molecule has 1 heterocycles. The molecule has 0 saturated heterocycles. The van der Waals surface area contributed by atoms with Crippen molar-refractivity contribution in [2.24, 2.45) is 0 Å². The molecule has 0 aliphatic carbocycles. The molecular weight excluding hydrogens is 142 g/mol. The number of aromatic nitrogens is 3. The van der Waals surface area contributed by atoms with Crippen LogP contribution in [-0.4, -0.2) is 15.2 Å². The molecule has 1 aromatic heterocycles. The first-order valence-corrected chi connectivity index (χ1v) is 3.74. The molecule has 0 saturated carbocycles. The highest BCUT2D eigenvalue weighted by atomic mass is 16.1. The number of nitrogens with one attached hydrogen (secondary N) is 1. The molecule has 1 N–H and O–H groups in total. The molecule has 0 aliphatic heterocycles. The summed E-state index contributed by atoms with van der Waals surface area (Å²) < 4.78 is 0. The molecule has 4 heteroatoms. The Morgan fingerprint density at radius 1 is 1.64 bits per heavy atom. The van der Waals surface area contributed by atoms with Crippen molar-refractivity contribution in [2.45, 2.75) is 26.2 Å². The van der Waals surface area contributed by atoms with Crippen LogP contribution in [0.1, 0.15) is 25.6 Å². The van der Waals surface area contributed by atoms with Gasteiger partial charge in [-0.25, -0.2) is 0 Å². The third kappa shape index (κ3) is 2.49. The van der Waals surface area contributed by atoms with E-state index in [0.717, 1.165) is 19.3 Å². The average molecular weight is 153 g/mol. The molecule has 60 valence electrons. The van der Waals surface area contributed by atoms with Gasteiger partial charge in [0.2, 0.25) is 0 Å². The van der Waals surface area contributed by atoms with Crippen LogP contribution in [0.4, 0.5) is 0 Å². The van der Waals surface area contributed by atoms with Gasteiger partial charge in [-0.3, -0.25) is 4.79 Å². The fourth-order valence-electron chi connectivity index (χ4n) is 0.807. The summed E-state index contributed by atoms with van der Waals surface area (Å²) in [5.41, 5.74) is -0.175. The maximum atomic E-state index is 10.7. The monoisotopic (exact) mass is 153 g/mol. The Morgan fingerprint density at radius 2 is 2.45 bits per heavy atom. The summed E-state index contributed by atoms with van der Waals surface area (Å²) in [5.74, 6) is 0.680. The highest BCUT2D eigenvalue weighted by Gasteiger charge is 1.93. The van der Waals surface area contributed by atoms with Gasteiger partial charge in [0.25, 0.3) is 5.56 Å². The summed E-state index contributed by atoms with van der Waals surface area (Å²) in [4.78, 5) is 13.3. The van der Waals surface area contributed by atoms with Crippen molar-refractivity contribution in [3.8, 4) is 0 Å². The van der Waals surface area contributed by atoms with Gasteiger partial charge >= 0.3 is 0 Å². The minimum atomic E-state index is -0.175. The van der Waals surface area contributed by atoms with E-state index in [2.05, 4.69) is 22.1 Å². The van der Waals surface area contributed by atoms with Gasteiger partial charge < -0.3 is 4.98 Å². The number of hydrogen-bond acceptors (Lipinski definition) is 3. The molecule has 0 fully saturated rings. The number of nitrogens with zero attached hydrogens (tertiary/aromatic N) is 2. The van der Waals surface area contributed by atoms with Crippen molar-refractivity contribution < 1.29 is 0 Å². The predicted octanol–water partition coefficient (Wildman–Crippen LogP) is 0.507. The molecule has 0 spiro atoms. The Kier molecular flexibility index (Phi) is 2.77. The summed E-state index contributed by atoms with van der Waals surface area (Å²) in [6.45, 7) is 2.09. The SMILES string of the molecule is CCCCc1nncc(=O)[nH]1. The predicted molar refractivity (Wildman–Crippen MR) is 41.3 cm³/mol. The number of hydrogen-bond donors (Lipinski definition) is 1. The maximum absolute atomic E-state index is 10.7. The van der Waals surface area contributed by atoms with Crippen molar-refractivity contribution in [1.82, 2.24) is 15.2 Å². The van der Waals surface area contributed by atoms with Crippen molar-refractivity contribution >= 4 is 0 Å². The number of unbranched alkanes of at least 4 members (excludes halogenated alkanes) is 1. The summed E-state index contributed by atoms with van der Waals surface area (Å²) in [6.07, 6.45) is 4.11. The van der Waals surface area contributed by atoms with E-state index in [9.17, 15) is 4.79 Å². The van der Waals surface area contributed by atoms with Crippen LogP contribution in [0.25, 0.3) is 0 Å². The van der Waals surface area contributed by atoms with Gasteiger partial charge in [0.15, 0.2) is 0 Å². The Morgan fingerprint density at radius 3 is 3.09 bits per heavy atom. The second-order valence-corrected chi connectivity index (χ2v) is 2.38. The van der Waals surface area contributed by atoms with Gasteiger partial charge in [-0.05, 0) is 6.42 Å². The van der Waals surface area contributed by atoms with Crippen LogP contribution in [0.2, 0.25) is 0 Å². The average Bonchev–Trinajstić information content (AvgIpc) is 2.01. The van der Waals surface area contributed by atoms with E-state index >= 15 is 0 Å². The lowest BCUT2D eigenvalue weighted by molar-refractivity contribution is 0.722. The fraction of sp³-hybridized carbons (Fsp3) is 0.571. The van der Waals surface area contributed by atoms with Gasteiger partial charge in [-0.15, -0.1) is 5.10 Å². The van der Waals surface area contributed by atoms with Crippen LogP contribution in [0.3, 0.4) is 0 Å². The van der Waals surface area contributed by atoms with E-state index in [0.29, 0.717) is 5.82 Å². The van der Waals surface area contributed by atoms with E-state index in [1.807, 2.05) is 0 Å². The largest absolute Gasteiger partial charge is 0.308 e. The Bertz CT molecular complexity index is 268. The molecule has 0 amide bonds. The summed E-state index contributed by atoms with van der Waals surface area (Å²) in [7, 11) is 0. The first-order chi connectivity index (χ1) is 5.33. The number of H-pyrrole nitrogens is 1. The molecular formula is C7H11N3O. The van der Waals surface area contributed by atoms with E-state index in [1.54, 1.807) is 0 Å². The topological polar surface area (TPSA) is 58.6 Å². The normalized spacial score (nSPS) is 9.91. The van der Waals surface area contributed by atoms with Crippen LogP contribution in [0.15, 0.2) is 11.0 Å². The molecule has 0 bridgehead atoms. The quantitative estimate of drug-likeness (QED) is 0.688.